The van der Waals surface area contributed by atoms with Gasteiger partial charge in [0.2, 0.25) is 0 Å². The summed E-state index contributed by atoms with van der Waals surface area (Å²) in [6, 6.07) is 3.64. The molecule has 4 heteroatoms. The van der Waals surface area contributed by atoms with Gasteiger partial charge in [-0.05, 0) is 51.7 Å². The Balaban J connectivity index is 2.00. The molecule has 98 valence electrons. The first kappa shape index (κ1) is 12.9. The number of hydrogen-bond acceptors (Lipinski definition) is 3. The molecule has 0 bridgehead atoms. The molecule has 18 heavy (non-hydrogen) atoms. The Bertz CT molecular complexity index is 421. The van der Waals surface area contributed by atoms with Crippen LogP contribution in [0.1, 0.15) is 44.0 Å². The number of amides is 1. The Hall–Kier alpha value is -1.58. The fraction of sp³-hybridized carbons (Fsp3) is 0.571. The van der Waals surface area contributed by atoms with Gasteiger partial charge in [0.05, 0.1) is 5.56 Å². The summed E-state index contributed by atoms with van der Waals surface area (Å²) in [6.45, 7) is 7.01. The van der Waals surface area contributed by atoms with Crippen molar-refractivity contribution in [3.8, 4) is 0 Å². The van der Waals surface area contributed by atoms with Crippen LogP contribution in [-0.4, -0.2) is 23.0 Å². The third-order valence-corrected chi connectivity index (χ3v) is 3.42. The number of nitrogens with one attached hydrogen (secondary N) is 2. The molecule has 1 aliphatic carbocycles. The minimum atomic E-state index is -0.114. The molecule has 1 saturated carbocycles. The number of carbonyl (C=O) groups excluding carboxylic acids is 1. The van der Waals surface area contributed by atoms with E-state index in [4.69, 9.17) is 0 Å². The third kappa shape index (κ3) is 3.00. The van der Waals surface area contributed by atoms with Crippen LogP contribution in [0.25, 0.3) is 0 Å². The lowest BCUT2D eigenvalue weighted by Crippen LogP contribution is -2.45. The summed E-state index contributed by atoms with van der Waals surface area (Å²) in [7, 11) is 0. The molecule has 1 amide bonds. The minimum Gasteiger partial charge on any atom is -0.370 e. The van der Waals surface area contributed by atoms with E-state index in [1.165, 1.54) is 12.8 Å². The first-order valence-electron chi connectivity index (χ1n) is 6.55. The molecule has 0 aromatic carbocycles. The van der Waals surface area contributed by atoms with E-state index < -0.39 is 0 Å². The molecule has 1 aliphatic rings. The predicted octanol–water partition coefficient (Wildman–Crippen LogP) is 2.43. The topological polar surface area (TPSA) is 54.0 Å². The highest BCUT2D eigenvalue weighted by molar-refractivity contribution is 5.94. The molecule has 0 spiro atoms. The van der Waals surface area contributed by atoms with Gasteiger partial charge in [-0.1, -0.05) is 0 Å². The van der Waals surface area contributed by atoms with E-state index in [0.29, 0.717) is 11.5 Å². The van der Waals surface area contributed by atoms with E-state index in [0.717, 1.165) is 12.4 Å². The largest absolute Gasteiger partial charge is 0.370 e. The Kier molecular flexibility index (Phi) is 3.55. The van der Waals surface area contributed by atoms with Crippen LogP contribution in [0, 0.1) is 5.92 Å². The zero-order valence-corrected chi connectivity index (χ0v) is 11.3. The average Bonchev–Trinajstić information content (AvgIpc) is 3.13. The van der Waals surface area contributed by atoms with Gasteiger partial charge < -0.3 is 10.6 Å². The molecule has 0 radical (unpaired) electrons. The molecule has 1 aromatic heterocycles. The van der Waals surface area contributed by atoms with E-state index in [2.05, 4.69) is 29.5 Å². The zero-order valence-electron chi connectivity index (χ0n) is 11.3. The highest BCUT2D eigenvalue weighted by atomic mass is 16.1. The maximum Gasteiger partial charge on any atom is 0.253 e. The van der Waals surface area contributed by atoms with Crippen molar-refractivity contribution < 1.29 is 4.79 Å². The van der Waals surface area contributed by atoms with Crippen LogP contribution in [0.4, 0.5) is 5.82 Å². The number of pyridine rings is 1. The fourth-order valence-corrected chi connectivity index (χ4v) is 2.09. The Morgan fingerprint density at radius 2 is 2.17 bits per heavy atom. The van der Waals surface area contributed by atoms with E-state index in [1.54, 1.807) is 6.20 Å². The number of hydrogen-bond donors (Lipinski definition) is 2. The van der Waals surface area contributed by atoms with Crippen molar-refractivity contribution in [2.45, 2.75) is 39.2 Å². The van der Waals surface area contributed by atoms with Crippen LogP contribution >= 0.6 is 0 Å². The Morgan fingerprint density at radius 3 is 2.67 bits per heavy atom. The Morgan fingerprint density at radius 1 is 1.44 bits per heavy atom. The highest BCUT2D eigenvalue weighted by Gasteiger charge is 2.38. The summed E-state index contributed by atoms with van der Waals surface area (Å²) in [4.78, 5) is 16.3. The summed E-state index contributed by atoms with van der Waals surface area (Å²) in [5.74, 6) is 1.38. The fourth-order valence-electron chi connectivity index (χ4n) is 2.09. The van der Waals surface area contributed by atoms with Crippen molar-refractivity contribution in [3.05, 3.63) is 23.9 Å². The molecule has 0 unspecified atom stereocenters. The van der Waals surface area contributed by atoms with E-state index in [9.17, 15) is 4.79 Å². The summed E-state index contributed by atoms with van der Waals surface area (Å²) in [6.07, 6.45) is 4.05. The monoisotopic (exact) mass is 247 g/mol. The molecule has 2 rings (SSSR count). The molecule has 1 aromatic rings. The average molecular weight is 247 g/mol. The second-order valence-corrected chi connectivity index (χ2v) is 5.41. The quantitative estimate of drug-likeness (QED) is 0.840. The summed E-state index contributed by atoms with van der Waals surface area (Å²) in [5.41, 5.74) is 0.502. The third-order valence-electron chi connectivity index (χ3n) is 3.42. The van der Waals surface area contributed by atoms with Crippen LogP contribution in [0.3, 0.4) is 0 Å². The maximum atomic E-state index is 12.1. The van der Waals surface area contributed by atoms with Crippen molar-refractivity contribution in [1.29, 1.82) is 0 Å². The second-order valence-electron chi connectivity index (χ2n) is 5.41. The van der Waals surface area contributed by atoms with Crippen molar-refractivity contribution in [2.24, 2.45) is 5.92 Å². The maximum absolute atomic E-state index is 12.1. The number of carbonyl (C=O) groups is 1. The number of nitrogens with zero attached hydrogens (tertiary/aromatic N) is 1. The summed E-state index contributed by atoms with van der Waals surface area (Å²) in [5, 5.41) is 6.19. The van der Waals surface area contributed by atoms with Gasteiger partial charge in [-0.3, -0.25) is 4.79 Å². The molecular formula is C14H21N3O. The number of aromatic nitrogens is 1. The normalized spacial score (nSPS) is 15.3. The smallest absolute Gasteiger partial charge is 0.253 e. The van der Waals surface area contributed by atoms with Gasteiger partial charge in [0.1, 0.15) is 5.82 Å². The first-order valence-corrected chi connectivity index (χ1v) is 6.55. The molecule has 0 saturated heterocycles. The number of rotatable bonds is 5. The van der Waals surface area contributed by atoms with E-state index in [1.807, 2.05) is 19.1 Å². The van der Waals surface area contributed by atoms with Crippen LogP contribution in [0.15, 0.2) is 18.3 Å². The van der Waals surface area contributed by atoms with Crippen LogP contribution in [-0.2, 0) is 0 Å². The van der Waals surface area contributed by atoms with Crippen molar-refractivity contribution in [1.82, 2.24) is 10.3 Å². The number of anilines is 1. The van der Waals surface area contributed by atoms with E-state index in [-0.39, 0.29) is 11.4 Å². The van der Waals surface area contributed by atoms with Gasteiger partial charge in [0.25, 0.3) is 5.91 Å². The summed E-state index contributed by atoms with van der Waals surface area (Å²) >= 11 is 0. The minimum absolute atomic E-state index is 0.0394. The van der Waals surface area contributed by atoms with Gasteiger partial charge >= 0.3 is 0 Å². The van der Waals surface area contributed by atoms with Gasteiger partial charge in [-0.15, -0.1) is 0 Å². The first-order chi connectivity index (χ1) is 8.53. The van der Waals surface area contributed by atoms with Gasteiger partial charge in [0.15, 0.2) is 0 Å². The van der Waals surface area contributed by atoms with Crippen LogP contribution in [0.5, 0.6) is 0 Å². The molecule has 1 heterocycles. The second kappa shape index (κ2) is 4.96. The highest BCUT2D eigenvalue weighted by Crippen LogP contribution is 2.39. The molecule has 4 nitrogen and oxygen atoms in total. The molecule has 2 N–H and O–H groups in total. The predicted molar refractivity (Wildman–Crippen MR) is 72.7 cm³/mol. The molecular weight excluding hydrogens is 226 g/mol. The van der Waals surface area contributed by atoms with Crippen LogP contribution < -0.4 is 10.6 Å². The standard InChI is InChI=1S/C14H21N3O/c1-4-15-12-8-5-10(9-16-12)13(18)17-14(2,3)11-6-7-11/h5,8-9,11H,4,6-7H2,1-3H3,(H,15,16)(H,17,18). The molecule has 1 fully saturated rings. The molecule has 0 aliphatic heterocycles. The van der Waals surface area contributed by atoms with Gasteiger partial charge in [-0.2, -0.15) is 0 Å². The van der Waals surface area contributed by atoms with Crippen molar-refractivity contribution in [2.75, 3.05) is 11.9 Å². The van der Waals surface area contributed by atoms with Crippen molar-refractivity contribution >= 4 is 11.7 Å². The van der Waals surface area contributed by atoms with Gasteiger partial charge in [-0.25, -0.2) is 4.98 Å². The summed E-state index contributed by atoms with van der Waals surface area (Å²) < 4.78 is 0. The zero-order chi connectivity index (χ0) is 13.2. The van der Waals surface area contributed by atoms with Crippen molar-refractivity contribution in [3.63, 3.8) is 0 Å². The van der Waals surface area contributed by atoms with Gasteiger partial charge in [0, 0.05) is 18.3 Å². The van der Waals surface area contributed by atoms with Crippen LogP contribution in [0.2, 0.25) is 0 Å². The SMILES string of the molecule is CCNc1ccc(C(=O)NC(C)(C)C2CC2)cn1. The molecule has 0 atom stereocenters. The lowest BCUT2D eigenvalue weighted by molar-refractivity contribution is 0.0903. The lowest BCUT2D eigenvalue weighted by atomic mass is 9.98. The lowest BCUT2D eigenvalue weighted by Gasteiger charge is -2.26. The Labute approximate surface area is 108 Å². The van der Waals surface area contributed by atoms with E-state index >= 15 is 0 Å².